The van der Waals surface area contributed by atoms with Crippen molar-refractivity contribution in [1.29, 1.82) is 0 Å². The van der Waals surface area contributed by atoms with Crippen molar-refractivity contribution in [3.8, 4) is 0 Å². The molecule has 0 aromatic heterocycles. The standard InChI is InChI=1S/C23H26FN3O3S/c1-15-13-17(7-8-18(15)24)27-22(29)21-19(10-12-31-21)26(23(27)30)14-20(28)25-11-9-16-5-3-2-4-6-16/h5,7-8,10,12-13,19,21H,2-4,6,9,11,14H2,1H3,(H,25,28). The maximum atomic E-state index is 13.7. The number of benzene rings is 1. The van der Waals surface area contributed by atoms with E-state index in [4.69, 9.17) is 0 Å². The Kier molecular flexibility index (Phi) is 6.46. The van der Waals surface area contributed by atoms with E-state index in [0.717, 1.165) is 24.2 Å². The maximum absolute atomic E-state index is 13.7. The topological polar surface area (TPSA) is 69.7 Å². The summed E-state index contributed by atoms with van der Waals surface area (Å²) in [6.45, 7) is 1.98. The van der Waals surface area contributed by atoms with Gasteiger partial charge < -0.3 is 10.2 Å². The van der Waals surface area contributed by atoms with Gasteiger partial charge in [-0.3, -0.25) is 9.59 Å². The SMILES string of the molecule is Cc1cc(N2C(=O)C3SC=CC3N(CC(=O)NCCC3=CCCCC3)C2=O)ccc1F. The van der Waals surface area contributed by atoms with Crippen molar-refractivity contribution in [1.82, 2.24) is 10.2 Å². The highest BCUT2D eigenvalue weighted by Crippen LogP contribution is 2.36. The lowest BCUT2D eigenvalue weighted by Crippen LogP contribution is -2.63. The van der Waals surface area contributed by atoms with Gasteiger partial charge in [-0.05, 0) is 68.2 Å². The molecule has 1 aliphatic carbocycles. The van der Waals surface area contributed by atoms with Crippen molar-refractivity contribution < 1.29 is 18.8 Å². The van der Waals surface area contributed by atoms with Crippen LogP contribution < -0.4 is 10.2 Å². The first-order chi connectivity index (χ1) is 15.0. The van der Waals surface area contributed by atoms with Gasteiger partial charge in [0.1, 0.15) is 17.6 Å². The monoisotopic (exact) mass is 443 g/mol. The van der Waals surface area contributed by atoms with Crippen LogP contribution in [0.15, 0.2) is 41.3 Å². The first-order valence-electron chi connectivity index (χ1n) is 10.6. The second-order valence-corrected chi connectivity index (χ2v) is 9.15. The fraction of sp³-hybridized carbons (Fsp3) is 0.435. The van der Waals surface area contributed by atoms with Gasteiger partial charge in [-0.25, -0.2) is 14.1 Å². The Labute approximate surface area is 185 Å². The molecule has 31 heavy (non-hydrogen) atoms. The van der Waals surface area contributed by atoms with E-state index < -0.39 is 23.1 Å². The Morgan fingerprint density at radius 1 is 1.29 bits per heavy atom. The zero-order valence-corrected chi connectivity index (χ0v) is 18.3. The van der Waals surface area contributed by atoms with Gasteiger partial charge in [0, 0.05) is 6.54 Å². The van der Waals surface area contributed by atoms with Crippen LogP contribution in [0, 0.1) is 12.7 Å². The number of hydrogen-bond donors (Lipinski definition) is 1. The molecule has 6 nitrogen and oxygen atoms in total. The quantitative estimate of drug-likeness (QED) is 0.677. The third kappa shape index (κ3) is 4.54. The minimum Gasteiger partial charge on any atom is -0.354 e. The fourth-order valence-electron chi connectivity index (χ4n) is 4.22. The van der Waals surface area contributed by atoms with Gasteiger partial charge in [0.05, 0.1) is 11.7 Å². The van der Waals surface area contributed by atoms with Crippen LogP contribution in [0.1, 0.15) is 37.7 Å². The second kappa shape index (κ2) is 9.26. The molecule has 1 aromatic carbocycles. The van der Waals surface area contributed by atoms with Crippen molar-refractivity contribution in [3.63, 3.8) is 0 Å². The molecule has 0 bridgehead atoms. The summed E-state index contributed by atoms with van der Waals surface area (Å²) < 4.78 is 13.7. The minimum atomic E-state index is -0.561. The van der Waals surface area contributed by atoms with E-state index >= 15 is 0 Å². The molecule has 2 unspecified atom stereocenters. The number of imide groups is 1. The largest absolute Gasteiger partial charge is 0.354 e. The van der Waals surface area contributed by atoms with E-state index in [9.17, 15) is 18.8 Å². The average Bonchev–Trinajstić information content (AvgIpc) is 3.25. The Balaban J connectivity index is 1.46. The molecule has 164 valence electrons. The minimum absolute atomic E-state index is 0.131. The highest BCUT2D eigenvalue weighted by Gasteiger charge is 2.48. The van der Waals surface area contributed by atoms with Gasteiger partial charge in [0.2, 0.25) is 5.91 Å². The van der Waals surface area contributed by atoms with E-state index in [2.05, 4.69) is 11.4 Å². The number of amides is 4. The number of nitrogens with zero attached hydrogens (tertiary/aromatic N) is 2. The summed E-state index contributed by atoms with van der Waals surface area (Å²) in [5.41, 5.74) is 2.03. The zero-order valence-electron chi connectivity index (χ0n) is 17.5. The molecule has 1 fully saturated rings. The number of rotatable bonds is 6. The van der Waals surface area contributed by atoms with Crippen LogP contribution >= 0.6 is 11.8 Å². The number of nitrogens with one attached hydrogen (secondary N) is 1. The van der Waals surface area contributed by atoms with Gasteiger partial charge in [-0.1, -0.05) is 17.7 Å². The molecule has 2 heterocycles. The summed E-state index contributed by atoms with van der Waals surface area (Å²) in [5, 5.41) is 4.18. The smallest absolute Gasteiger partial charge is 0.332 e. The van der Waals surface area contributed by atoms with Crippen LogP contribution in [-0.2, 0) is 9.59 Å². The molecule has 0 saturated carbocycles. The van der Waals surface area contributed by atoms with Crippen LogP contribution in [0.3, 0.4) is 0 Å². The van der Waals surface area contributed by atoms with Gasteiger partial charge in [0.15, 0.2) is 0 Å². The number of anilines is 1. The number of allylic oxidation sites excluding steroid dienone is 1. The molecule has 4 rings (SSSR count). The average molecular weight is 444 g/mol. The summed E-state index contributed by atoms with van der Waals surface area (Å²) in [6, 6.07) is 3.12. The number of urea groups is 1. The van der Waals surface area contributed by atoms with Crippen LogP contribution in [0.4, 0.5) is 14.9 Å². The lowest BCUT2D eigenvalue weighted by atomic mass is 9.97. The predicted octanol–water partition coefficient (Wildman–Crippen LogP) is 3.91. The normalized spacial score (nSPS) is 23.1. The summed E-state index contributed by atoms with van der Waals surface area (Å²) in [7, 11) is 0. The second-order valence-electron chi connectivity index (χ2n) is 8.10. The molecule has 0 spiro atoms. The zero-order chi connectivity index (χ0) is 22.0. The van der Waals surface area contributed by atoms with E-state index in [1.165, 1.54) is 53.3 Å². The number of carbonyl (C=O) groups excluding carboxylic acids is 3. The number of fused-ring (bicyclic) bond motifs is 1. The fourth-order valence-corrected chi connectivity index (χ4v) is 5.27. The highest BCUT2D eigenvalue weighted by atomic mass is 32.2. The number of halogens is 1. The number of thioether (sulfide) groups is 1. The molecule has 1 saturated heterocycles. The first-order valence-corrected chi connectivity index (χ1v) is 11.6. The third-order valence-electron chi connectivity index (χ3n) is 5.94. The van der Waals surface area contributed by atoms with Crippen LogP contribution in [0.5, 0.6) is 0 Å². The van der Waals surface area contributed by atoms with Crippen LogP contribution in [0.25, 0.3) is 0 Å². The lowest BCUT2D eigenvalue weighted by Gasteiger charge is -2.40. The van der Waals surface area contributed by atoms with E-state index in [1.54, 1.807) is 18.4 Å². The van der Waals surface area contributed by atoms with Gasteiger partial charge in [-0.2, -0.15) is 0 Å². The third-order valence-corrected chi connectivity index (χ3v) is 7.03. The molecule has 3 aliphatic rings. The van der Waals surface area contributed by atoms with Crippen LogP contribution in [-0.4, -0.2) is 47.1 Å². The predicted molar refractivity (Wildman–Crippen MR) is 119 cm³/mol. The molecule has 1 N–H and O–H groups in total. The summed E-state index contributed by atoms with van der Waals surface area (Å²) in [5.74, 6) is -1.00. The summed E-state index contributed by atoms with van der Waals surface area (Å²) in [6.07, 6.45) is 9.47. The molecular formula is C23H26FN3O3S. The molecule has 4 amide bonds. The van der Waals surface area contributed by atoms with Crippen LogP contribution in [0.2, 0.25) is 0 Å². The van der Waals surface area contributed by atoms with Gasteiger partial charge in [-0.15, -0.1) is 11.8 Å². The summed E-state index contributed by atoms with van der Waals surface area (Å²) in [4.78, 5) is 41.3. The Morgan fingerprint density at radius 2 is 2.13 bits per heavy atom. The van der Waals surface area contributed by atoms with Gasteiger partial charge >= 0.3 is 6.03 Å². The Bertz CT molecular complexity index is 961. The molecule has 2 aliphatic heterocycles. The lowest BCUT2D eigenvalue weighted by molar-refractivity contribution is -0.124. The van der Waals surface area contributed by atoms with Crippen molar-refractivity contribution in [2.24, 2.45) is 0 Å². The molecule has 0 radical (unpaired) electrons. The summed E-state index contributed by atoms with van der Waals surface area (Å²) >= 11 is 1.33. The Morgan fingerprint density at radius 3 is 2.87 bits per heavy atom. The van der Waals surface area contributed by atoms with Crippen molar-refractivity contribution in [2.45, 2.75) is 50.3 Å². The molecule has 1 aromatic rings. The van der Waals surface area contributed by atoms with Gasteiger partial charge in [0.25, 0.3) is 5.91 Å². The van der Waals surface area contributed by atoms with E-state index in [-0.39, 0.29) is 18.4 Å². The number of carbonyl (C=O) groups is 3. The Hall–Kier alpha value is -2.61. The van der Waals surface area contributed by atoms with Crippen molar-refractivity contribution >= 4 is 35.3 Å². The van der Waals surface area contributed by atoms with E-state index in [0.29, 0.717) is 17.8 Å². The van der Waals surface area contributed by atoms with E-state index in [1.807, 2.05) is 0 Å². The molecule has 8 heteroatoms. The highest BCUT2D eigenvalue weighted by molar-refractivity contribution is 8.03. The number of aryl methyl sites for hydroxylation is 1. The maximum Gasteiger partial charge on any atom is 0.332 e. The number of hydrogen-bond acceptors (Lipinski definition) is 4. The molecule has 2 atom stereocenters. The van der Waals surface area contributed by atoms with Crippen molar-refractivity contribution in [3.05, 3.63) is 52.7 Å². The first kappa shape index (κ1) is 21.6. The van der Waals surface area contributed by atoms with Crippen molar-refractivity contribution in [2.75, 3.05) is 18.0 Å². The molecular weight excluding hydrogens is 417 g/mol.